The van der Waals surface area contributed by atoms with E-state index in [1.165, 1.54) is 25.0 Å². The van der Waals surface area contributed by atoms with Gasteiger partial charge < -0.3 is 10.6 Å². The normalized spacial score (nSPS) is 14.2. The van der Waals surface area contributed by atoms with Crippen LogP contribution in [0.4, 0.5) is 21.8 Å². The zero-order chi connectivity index (χ0) is 13.2. The van der Waals surface area contributed by atoms with Crippen molar-refractivity contribution in [2.24, 2.45) is 0 Å². The maximum Gasteiger partial charge on any atom is 0.229 e. The number of halogens is 2. The lowest BCUT2D eigenvalue weighted by Crippen LogP contribution is -2.07. The molecule has 98 valence electrons. The second kappa shape index (κ2) is 5.28. The quantitative estimate of drug-likeness (QED) is 0.809. The molecule has 0 amide bonds. The molecule has 0 spiro atoms. The molecular weight excluding hydrogens is 358 g/mol. The van der Waals surface area contributed by atoms with E-state index >= 15 is 0 Å². The molecule has 2 aromatic rings. The second-order valence-electron chi connectivity index (χ2n) is 4.44. The van der Waals surface area contributed by atoms with E-state index in [0.29, 0.717) is 12.0 Å². The van der Waals surface area contributed by atoms with E-state index in [0.717, 1.165) is 15.1 Å². The molecule has 0 aliphatic heterocycles. The third-order valence-corrected chi connectivity index (χ3v) is 3.55. The summed E-state index contributed by atoms with van der Waals surface area (Å²) in [6.07, 6.45) is 4.16. The molecule has 1 saturated carbocycles. The van der Waals surface area contributed by atoms with Gasteiger partial charge in [0.05, 0.1) is 3.57 Å². The summed E-state index contributed by atoms with van der Waals surface area (Å²) in [7, 11) is 0. The van der Waals surface area contributed by atoms with Crippen LogP contribution in [-0.2, 0) is 0 Å². The molecule has 0 radical (unpaired) electrons. The maximum atomic E-state index is 12.8. The van der Waals surface area contributed by atoms with Gasteiger partial charge in [0.25, 0.3) is 0 Å². The maximum absolute atomic E-state index is 12.8. The van der Waals surface area contributed by atoms with Crippen LogP contribution in [0.15, 0.2) is 30.5 Å². The van der Waals surface area contributed by atoms with Crippen LogP contribution in [0.5, 0.6) is 0 Å². The van der Waals surface area contributed by atoms with Gasteiger partial charge in [-0.2, -0.15) is 4.98 Å². The predicted molar refractivity (Wildman–Crippen MR) is 81.1 cm³/mol. The molecule has 0 unspecified atom stereocenters. The summed E-state index contributed by atoms with van der Waals surface area (Å²) < 4.78 is 13.8. The molecule has 0 saturated heterocycles. The summed E-state index contributed by atoms with van der Waals surface area (Å²) >= 11 is 2.21. The topological polar surface area (TPSA) is 49.8 Å². The van der Waals surface area contributed by atoms with E-state index in [1.54, 1.807) is 18.3 Å². The van der Waals surface area contributed by atoms with Gasteiger partial charge in [0.1, 0.15) is 11.6 Å². The molecule has 19 heavy (non-hydrogen) atoms. The SMILES string of the molecule is Fc1ccc(Nc2ncc(I)c(NC3CC3)n2)cc1. The fourth-order valence-electron chi connectivity index (χ4n) is 1.61. The smallest absolute Gasteiger partial charge is 0.229 e. The zero-order valence-electron chi connectivity index (χ0n) is 10.0. The van der Waals surface area contributed by atoms with Crippen molar-refractivity contribution in [2.75, 3.05) is 10.6 Å². The van der Waals surface area contributed by atoms with E-state index in [1.807, 2.05) is 0 Å². The van der Waals surface area contributed by atoms with E-state index in [2.05, 4.69) is 43.2 Å². The lowest BCUT2D eigenvalue weighted by atomic mass is 10.3. The number of hydrogen-bond donors (Lipinski definition) is 2. The van der Waals surface area contributed by atoms with Crippen molar-refractivity contribution in [3.8, 4) is 0 Å². The van der Waals surface area contributed by atoms with Gasteiger partial charge >= 0.3 is 0 Å². The van der Waals surface area contributed by atoms with Gasteiger partial charge in [-0.1, -0.05) is 0 Å². The number of hydrogen-bond acceptors (Lipinski definition) is 4. The summed E-state index contributed by atoms with van der Waals surface area (Å²) in [5.74, 6) is 1.10. The highest BCUT2D eigenvalue weighted by atomic mass is 127. The van der Waals surface area contributed by atoms with Crippen molar-refractivity contribution in [3.63, 3.8) is 0 Å². The molecule has 2 N–H and O–H groups in total. The Bertz CT molecular complexity index is 584. The first-order valence-electron chi connectivity index (χ1n) is 6.02. The second-order valence-corrected chi connectivity index (χ2v) is 5.60. The average Bonchev–Trinajstić information content (AvgIpc) is 3.20. The Labute approximate surface area is 124 Å². The molecule has 1 aliphatic rings. The van der Waals surface area contributed by atoms with Crippen LogP contribution in [0, 0.1) is 9.39 Å². The van der Waals surface area contributed by atoms with Gasteiger partial charge in [0.2, 0.25) is 5.95 Å². The predicted octanol–water partition coefficient (Wildman–Crippen LogP) is 3.54. The van der Waals surface area contributed by atoms with Crippen LogP contribution in [0.3, 0.4) is 0 Å². The molecule has 1 fully saturated rings. The number of anilines is 3. The third-order valence-electron chi connectivity index (χ3n) is 2.76. The van der Waals surface area contributed by atoms with Crippen molar-refractivity contribution in [1.82, 2.24) is 9.97 Å². The highest BCUT2D eigenvalue weighted by molar-refractivity contribution is 14.1. The molecule has 6 heteroatoms. The Morgan fingerprint density at radius 2 is 1.95 bits per heavy atom. The first-order chi connectivity index (χ1) is 9.20. The Morgan fingerprint density at radius 3 is 2.63 bits per heavy atom. The standard InChI is InChI=1S/C13H12FIN4/c14-8-1-3-10(4-2-8)18-13-16-7-11(15)12(19-13)17-9-5-6-9/h1-4,7,9H,5-6H2,(H2,16,17,18,19). The van der Waals surface area contributed by atoms with Crippen LogP contribution < -0.4 is 10.6 Å². The number of nitrogens with one attached hydrogen (secondary N) is 2. The highest BCUT2D eigenvalue weighted by Gasteiger charge is 2.22. The summed E-state index contributed by atoms with van der Waals surface area (Å²) in [6, 6.07) is 6.66. The van der Waals surface area contributed by atoms with E-state index in [9.17, 15) is 4.39 Å². The Morgan fingerprint density at radius 1 is 1.21 bits per heavy atom. The largest absolute Gasteiger partial charge is 0.366 e. The van der Waals surface area contributed by atoms with Gasteiger partial charge in [-0.15, -0.1) is 0 Å². The molecule has 1 aromatic carbocycles. The summed E-state index contributed by atoms with van der Waals surface area (Å²) in [6.45, 7) is 0. The number of nitrogens with zero attached hydrogens (tertiary/aromatic N) is 2. The fraction of sp³-hybridized carbons (Fsp3) is 0.231. The summed E-state index contributed by atoms with van der Waals surface area (Å²) in [5, 5.41) is 6.42. The van der Waals surface area contributed by atoms with Crippen LogP contribution in [0.2, 0.25) is 0 Å². The molecule has 4 nitrogen and oxygen atoms in total. The van der Waals surface area contributed by atoms with E-state index < -0.39 is 0 Å². The minimum absolute atomic E-state index is 0.259. The van der Waals surface area contributed by atoms with Gasteiger partial charge in [-0.25, -0.2) is 9.37 Å². The Kier molecular flexibility index (Phi) is 3.50. The van der Waals surface area contributed by atoms with Gasteiger partial charge in [-0.3, -0.25) is 0 Å². The van der Waals surface area contributed by atoms with Crippen LogP contribution >= 0.6 is 22.6 Å². The summed E-state index contributed by atoms with van der Waals surface area (Å²) in [4.78, 5) is 8.66. The Hall–Kier alpha value is -1.44. The lowest BCUT2D eigenvalue weighted by molar-refractivity contribution is 0.628. The van der Waals surface area contributed by atoms with Crippen LogP contribution in [0.25, 0.3) is 0 Å². The molecule has 0 atom stereocenters. The minimum atomic E-state index is -0.259. The third kappa shape index (κ3) is 3.31. The Balaban J connectivity index is 1.78. The van der Waals surface area contributed by atoms with Gasteiger partial charge in [0, 0.05) is 17.9 Å². The van der Waals surface area contributed by atoms with Crippen LogP contribution in [0.1, 0.15) is 12.8 Å². The van der Waals surface area contributed by atoms with Gasteiger partial charge in [-0.05, 0) is 59.7 Å². The highest BCUT2D eigenvalue weighted by Crippen LogP contribution is 2.27. The van der Waals surface area contributed by atoms with E-state index in [-0.39, 0.29) is 5.82 Å². The number of aromatic nitrogens is 2. The fourth-order valence-corrected chi connectivity index (χ4v) is 2.03. The molecule has 1 heterocycles. The molecule has 3 rings (SSSR count). The number of rotatable bonds is 4. The molecule has 1 aromatic heterocycles. The molecule has 0 bridgehead atoms. The van der Waals surface area contributed by atoms with E-state index in [4.69, 9.17) is 0 Å². The van der Waals surface area contributed by atoms with Crippen molar-refractivity contribution in [1.29, 1.82) is 0 Å². The van der Waals surface area contributed by atoms with Crippen molar-refractivity contribution >= 4 is 40.0 Å². The van der Waals surface area contributed by atoms with Crippen molar-refractivity contribution < 1.29 is 4.39 Å². The summed E-state index contributed by atoms with van der Waals surface area (Å²) in [5.41, 5.74) is 0.764. The number of benzene rings is 1. The first-order valence-corrected chi connectivity index (χ1v) is 7.10. The van der Waals surface area contributed by atoms with Gasteiger partial charge in [0.15, 0.2) is 0 Å². The lowest BCUT2D eigenvalue weighted by Gasteiger charge is -2.09. The zero-order valence-corrected chi connectivity index (χ0v) is 12.2. The average molecular weight is 370 g/mol. The minimum Gasteiger partial charge on any atom is -0.366 e. The van der Waals surface area contributed by atoms with Crippen molar-refractivity contribution in [2.45, 2.75) is 18.9 Å². The van der Waals surface area contributed by atoms with Crippen molar-refractivity contribution in [3.05, 3.63) is 39.8 Å². The molecular formula is C13H12FIN4. The monoisotopic (exact) mass is 370 g/mol. The molecule has 1 aliphatic carbocycles. The van der Waals surface area contributed by atoms with Crippen LogP contribution in [-0.4, -0.2) is 16.0 Å². The first kappa shape index (κ1) is 12.6.